The highest BCUT2D eigenvalue weighted by Gasteiger charge is 2.28. The Balaban J connectivity index is 1.44. The molecule has 1 aliphatic carbocycles. The van der Waals surface area contributed by atoms with E-state index in [1.165, 1.54) is 32.4 Å². The number of nitrogens with zero attached hydrogens (tertiary/aromatic N) is 3. The fourth-order valence-electron chi connectivity index (χ4n) is 5.26. The van der Waals surface area contributed by atoms with Gasteiger partial charge >= 0.3 is 5.97 Å². The third kappa shape index (κ3) is 4.04. The molecule has 0 fully saturated rings. The number of aliphatic carboxylic acids is 1. The van der Waals surface area contributed by atoms with Crippen molar-refractivity contribution in [1.29, 1.82) is 0 Å². The number of carbonyl (C=O) groups excluding carboxylic acids is 1. The van der Waals surface area contributed by atoms with Gasteiger partial charge in [-0.2, -0.15) is 4.98 Å². The molecule has 0 atom stereocenters. The topological polar surface area (TPSA) is 133 Å². The highest BCUT2D eigenvalue weighted by molar-refractivity contribution is 7.17. The number of hydrogen-bond donors (Lipinski definition) is 3. The maximum atomic E-state index is 13.1. The molecular formula is C24H26N4O6S. The first kappa shape index (κ1) is 23.3. The highest BCUT2D eigenvalue weighted by atomic mass is 32.1. The van der Waals surface area contributed by atoms with E-state index >= 15 is 0 Å². The molecule has 10 nitrogen and oxygen atoms in total. The summed E-state index contributed by atoms with van der Waals surface area (Å²) in [5.41, 5.74) is 4.70. The highest BCUT2D eigenvalue weighted by Crippen LogP contribution is 2.37. The molecule has 11 heteroatoms. The Morgan fingerprint density at radius 1 is 1.26 bits per heavy atom. The predicted molar refractivity (Wildman–Crippen MR) is 129 cm³/mol. The number of rotatable bonds is 6. The number of aromatic nitrogens is 2. The van der Waals surface area contributed by atoms with Crippen molar-refractivity contribution in [1.82, 2.24) is 19.6 Å². The summed E-state index contributed by atoms with van der Waals surface area (Å²) in [5.74, 6) is -1.91. The van der Waals surface area contributed by atoms with Crippen molar-refractivity contribution >= 4 is 28.2 Å². The molecule has 0 unspecified atom stereocenters. The molecular weight excluding hydrogens is 472 g/mol. The number of aryl methyl sites for hydroxylation is 1. The molecule has 0 saturated carbocycles. The van der Waals surface area contributed by atoms with Gasteiger partial charge in [0.15, 0.2) is 10.5 Å². The molecule has 3 aromatic rings. The quantitative estimate of drug-likeness (QED) is 0.467. The lowest BCUT2D eigenvalue weighted by molar-refractivity contribution is -0.135. The van der Waals surface area contributed by atoms with Crippen LogP contribution in [0.3, 0.4) is 0 Å². The first-order chi connectivity index (χ1) is 16.8. The Kier molecular flexibility index (Phi) is 5.97. The van der Waals surface area contributed by atoms with Crippen LogP contribution in [0.5, 0.6) is 11.6 Å². The molecule has 5 rings (SSSR count). The SMILES string of the molecule is COc1c(C)cc(CN2CCc3c(sc4nc(O)c(C(=O)NCC(=O)O)c(=O)n34)C2)c2c1CCC2. The minimum absolute atomic E-state index is 0.315. The van der Waals surface area contributed by atoms with Crippen LogP contribution in [0.15, 0.2) is 10.9 Å². The number of amides is 1. The van der Waals surface area contributed by atoms with Gasteiger partial charge in [0.25, 0.3) is 11.5 Å². The Hall–Kier alpha value is -3.44. The first-order valence-corrected chi connectivity index (χ1v) is 12.3. The normalized spacial score (nSPS) is 15.1. The molecule has 0 spiro atoms. The molecule has 2 aromatic heterocycles. The summed E-state index contributed by atoms with van der Waals surface area (Å²) < 4.78 is 7.03. The Morgan fingerprint density at radius 2 is 2.03 bits per heavy atom. The van der Waals surface area contributed by atoms with E-state index in [9.17, 15) is 19.5 Å². The number of hydrogen-bond acceptors (Lipinski definition) is 8. The standard InChI is InChI=1S/C24H26N4O6S/c1-12-8-13(14-4-3-5-15(14)20(12)34-2)10-27-7-6-16-17(11-27)35-24-26-22(32)19(23(33)28(16)24)21(31)25-9-18(29)30/h8,32H,3-7,9-11H2,1-2H3,(H,25,31)(H,29,30). The summed E-state index contributed by atoms with van der Waals surface area (Å²) in [7, 11) is 1.73. The molecule has 0 radical (unpaired) electrons. The molecule has 1 aromatic carbocycles. The van der Waals surface area contributed by atoms with Crippen molar-refractivity contribution in [2.24, 2.45) is 0 Å². The second-order valence-corrected chi connectivity index (χ2v) is 10.0. The Labute approximate surface area is 204 Å². The van der Waals surface area contributed by atoms with Crippen LogP contribution in [-0.4, -0.2) is 56.6 Å². The summed E-state index contributed by atoms with van der Waals surface area (Å²) in [6.45, 7) is 3.56. The zero-order chi connectivity index (χ0) is 24.9. The summed E-state index contributed by atoms with van der Waals surface area (Å²) in [6.07, 6.45) is 3.81. The monoisotopic (exact) mass is 498 g/mol. The number of nitrogens with one attached hydrogen (secondary N) is 1. The van der Waals surface area contributed by atoms with Crippen LogP contribution in [-0.2, 0) is 37.1 Å². The van der Waals surface area contributed by atoms with Crippen LogP contribution in [0, 0.1) is 6.92 Å². The number of thiazole rings is 1. The Morgan fingerprint density at radius 3 is 2.77 bits per heavy atom. The molecule has 3 heterocycles. The van der Waals surface area contributed by atoms with E-state index < -0.39 is 35.4 Å². The van der Waals surface area contributed by atoms with E-state index in [1.807, 2.05) is 0 Å². The summed E-state index contributed by atoms with van der Waals surface area (Å²) in [5, 5.41) is 21.1. The molecule has 3 N–H and O–H groups in total. The van der Waals surface area contributed by atoms with Crippen molar-refractivity contribution in [3.8, 4) is 11.6 Å². The summed E-state index contributed by atoms with van der Waals surface area (Å²) in [4.78, 5) is 43.9. The van der Waals surface area contributed by atoms with Crippen molar-refractivity contribution in [3.05, 3.63) is 54.8 Å². The molecule has 1 aliphatic heterocycles. The number of methoxy groups -OCH3 is 1. The lowest BCUT2D eigenvalue weighted by Gasteiger charge is -2.28. The lowest BCUT2D eigenvalue weighted by atomic mass is 9.97. The van der Waals surface area contributed by atoms with Gasteiger partial charge in [-0.1, -0.05) is 17.4 Å². The van der Waals surface area contributed by atoms with Gasteiger partial charge in [0.05, 0.1) is 7.11 Å². The van der Waals surface area contributed by atoms with Crippen LogP contribution < -0.4 is 15.6 Å². The predicted octanol–water partition coefficient (Wildman–Crippen LogP) is 1.64. The average Bonchev–Trinajstić information content (AvgIpc) is 3.42. The zero-order valence-corrected chi connectivity index (χ0v) is 20.3. The van der Waals surface area contributed by atoms with Crippen molar-refractivity contribution in [2.75, 3.05) is 20.2 Å². The zero-order valence-electron chi connectivity index (χ0n) is 19.5. The van der Waals surface area contributed by atoms with Crippen molar-refractivity contribution < 1.29 is 24.5 Å². The largest absolute Gasteiger partial charge is 0.496 e. The van der Waals surface area contributed by atoms with Crippen LogP contribution in [0.4, 0.5) is 0 Å². The van der Waals surface area contributed by atoms with Crippen LogP contribution in [0.25, 0.3) is 4.96 Å². The van der Waals surface area contributed by atoms with Crippen molar-refractivity contribution in [2.45, 2.75) is 45.7 Å². The van der Waals surface area contributed by atoms with E-state index in [0.29, 0.717) is 17.9 Å². The van der Waals surface area contributed by atoms with Gasteiger partial charge in [-0.3, -0.25) is 23.7 Å². The molecule has 1 amide bonds. The molecule has 0 bridgehead atoms. The smallest absolute Gasteiger partial charge is 0.322 e. The maximum absolute atomic E-state index is 13.1. The second kappa shape index (κ2) is 8.97. The molecule has 2 aliphatic rings. The van der Waals surface area contributed by atoms with Gasteiger partial charge < -0.3 is 20.3 Å². The van der Waals surface area contributed by atoms with Crippen LogP contribution in [0.2, 0.25) is 0 Å². The van der Waals surface area contributed by atoms with Crippen LogP contribution in [0.1, 0.15) is 49.6 Å². The number of fused-ring (bicyclic) bond motifs is 4. The third-order valence-corrected chi connectivity index (χ3v) is 7.79. The molecule has 184 valence electrons. The minimum atomic E-state index is -1.25. The number of carboxylic acid groups (broad SMARTS) is 1. The first-order valence-electron chi connectivity index (χ1n) is 11.4. The van der Waals surface area contributed by atoms with Gasteiger partial charge in [0, 0.05) is 36.6 Å². The maximum Gasteiger partial charge on any atom is 0.322 e. The second-order valence-electron chi connectivity index (χ2n) is 8.94. The number of benzene rings is 1. The van der Waals surface area contributed by atoms with Gasteiger partial charge in [-0.15, -0.1) is 0 Å². The van der Waals surface area contributed by atoms with Crippen molar-refractivity contribution in [3.63, 3.8) is 0 Å². The summed E-state index contributed by atoms with van der Waals surface area (Å²) >= 11 is 1.32. The molecule has 35 heavy (non-hydrogen) atoms. The number of carboxylic acids is 1. The van der Waals surface area contributed by atoms with Gasteiger partial charge in [0.2, 0.25) is 5.88 Å². The Bertz CT molecular complexity index is 1430. The minimum Gasteiger partial charge on any atom is -0.496 e. The molecule has 0 saturated heterocycles. The van der Waals surface area contributed by atoms with E-state index in [-0.39, 0.29) is 0 Å². The van der Waals surface area contributed by atoms with E-state index in [1.54, 1.807) is 7.11 Å². The number of ether oxygens (including phenoxy) is 1. The third-order valence-electron chi connectivity index (χ3n) is 6.73. The van der Waals surface area contributed by atoms with Gasteiger partial charge in [-0.05, 0) is 48.4 Å². The van der Waals surface area contributed by atoms with E-state index in [2.05, 4.69) is 28.2 Å². The van der Waals surface area contributed by atoms with Gasteiger partial charge in [-0.25, -0.2) is 0 Å². The average molecular weight is 499 g/mol. The van der Waals surface area contributed by atoms with Crippen LogP contribution >= 0.6 is 11.3 Å². The van der Waals surface area contributed by atoms with E-state index in [0.717, 1.165) is 54.2 Å². The summed E-state index contributed by atoms with van der Waals surface area (Å²) in [6, 6.07) is 2.22. The van der Waals surface area contributed by atoms with E-state index in [4.69, 9.17) is 9.84 Å². The fourth-order valence-corrected chi connectivity index (χ4v) is 6.45. The number of aromatic hydroxyl groups is 1. The lowest BCUT2D eigenvalue weighted by Crippen LogP contribution is -2.36. The van der Waals surface area contributed by atoms with Gasteiger partial charge in [0.1, 0.15) is 12.3 Å². The number of carbonyl (C=O) groups is 2. The fraction of sp³-hybridized carbons (Fsp3) is 0.417.